The Bertz CT molecular complexity index is 771. The standard InChI is InChI=1S/C21H25NO5/c1-3-4-5-6-14-27-16-12-10-15(11-13-16)20(24)22-18-9-7-8-17(19(18)23)21(25)26-2/h7-13,23H,3-6,14H2,1-2H3,(H,22,24). The number of hydrogen-bond donors (Lipinski definition) is 2. The number of rotatable bonds is 9. The Morgan fingerprint density at radius 2 is 1.78 bits per heavy atom. The van der Waals surface area contributed by atoms with Gasteiger partial charge in [-0.1, -0.05) is 32.3 Å². The van der Waals surface area contributed by atoms with Crippen molar-refractivity contribution in [2.24, 2.45) is 0 Å². The van der Waals surface area contributed by atoms with E-state index in [9.17, 15) is 14.7 Å². The lowest BCUT2D eigenvalue weighted by Crippen LogP contribution is -2.13. The average molecular weight is 371 g/mol. The number of methoxy groups -OCH3 is 1. The second-order valence-corrected chi connectivity index (χ2v) is 6.08. The van der Waals surface area contributed by atoms with Gasteiger partial charge in [0.15, 0.2) is 5.75 Å². The molecule has 0 bridgehead atoms. The number of nitrogens with one attached hydrogen (secondary N) is 1. The van der Waals surface area contributed by atoms with Crippen molar-refractivity contribution in [3.8, 4) is 11.5 Å². The summed E-state index contributed by atoms with van der Waals surface area (Å²) >= 11 is 0. The Hall–Kier alpha value is -3.02. The minimum Gasteiger partial charge on any atom is -0.505 e. The number of anilines is 1. The van der Waals surface area contributed by atoms with Crippen LogP contribution in [-0.2, 0) is 4.74 Å². The first-order chi connectivity index (χ1) is 13.1. The van der Waals surface area contributed by atoms with Crippen LogP contribution in [0.3, 0.4) is 0 Å². The van der Waals surface area contributed by atoms with Crippen LogP contribution in [0.1, 0.15) is 53.3 Å². The van der Waals surface area contributed by atoms with E-state index in [-0.39, 0.29) is 17.0 Å². The van der Waals surface area contributed by atoms with Gasteiger partial charge >= 0.3 is 5.97 Å². The molecule has 0 saturated heterocycles. The second-order valence-electron chi connectivity index (χ2n) is 6.08. The summed E-state index contributed by atoms with van der Waals surface area (Å²) in [7, 11) is 1.22. The third kappa shape index (κ3) is 5.74. The van der Waals surface area contributed by atoms with Gasteiger partial charge in [0.2, 0.25) is 0 Å². The van der Waals surface area contributed by atoms with Crippen LogP contribution in [0, 0.1) is 0 Å². The van der Waals surface area contributed by atoms with Crippen molar-refractivity contribution >= 4 is 17.6 Å². The van der Waals surface area contributed by atoms with E-state index in [1.807, 2.05) is 0 Å². The fourth-order valence-electron chi connectivity index (χ4n) is 2.53. The Morgan fingerprint density at radius 3 is 2.44 bits per heavy atom. The van der Waals surface area contributed by atoms with Crippen molar-refractivity contribution in [2.75, 3.05) is 19.0 Å². The van der Waals surface area contributed by atoms with Crippen LogP contribution in [0.4, 0.5) is 5.69 Å². The summed E-state index contributed by atoms with van der Waals surface area (Å²) in [6.45, 7) is 2.82. The molecule has 0 unspecified atom stereocenters. The Labute approximate surface area is 159 Å². The predicted octanol–water partition coefficient (Wildman–Crippen LogP) is 4.39. The smallest absolute Gasteiger partial charge is 0.341 e. The SMILES string of the molecule is CCCCCCOc1ccc(C(=O)Nc2cccc(C(=O)OC)c2O)cc1. The fraction of sp³-hybridized carbons (Fsp3) is 0.333. The first kappa shape index (κ1) is 20.3. The summed E-state index contributed by atoms with van der Waals surface area (Å²) in [5, 5.41) is 12.7. The zero-order chi connectivity index (χ0) is 19.6. The molecule has 2 rings (SSSR count). The molecule has 0 spiro atoms. The van der Waals surface area contributed by atoms with Crippen molar-refractivity contribution in [2.45, 2.75) is 32.6 Å². The van der Waals surface area contributed by atoms with E-state index in [1.165, 1.54) is 32.1 Å². The van der Waals surface area contributed by atoms with E-state index >= 15 is 0 Å². The molecule has 0 aliphatic rings. The number of phenolic OH excluding ortho intramolecular Hbond substituents is 1. The molecule has 0 saturated carbocycles. The number of benzene rings is 2. The lowest BCUT2D eigenvalue weighted by Gasteiger charge is -2.11. The molecule has 0 atom stereocenters. The molecule has 0 aromatic heterocycles. The number of para-hydroxylation sites is 1. The number of unbranched alkanes of at least 4 members (excludes halogenated alkanes) is 3. The number of hydrogen-bond acceptors (Lipinski definition) is 5. The molecule has 6 heteroatoms. The summed E-state index contributed by atoms with van der Waals surface area (Å²) in [6.07, 6.45) is 4.53. The molecule has 0 fully saturated rings. The number of phenols is 1. The van der Waals surface area contributed by atoms with Crippen molar-refractivity contribution in [1.29, 1.82) is 0 Å². The summed E-state index contributed by atoms with van der Waals surface area (Å²) in [5.74, 6) is -0.700. The molecule has 27 heavy (non-hydrogen) atoms. The third-order valence-electron chi connectivity index (χ3n) is 4.07. The number of aromatic hydroxyl groups is 1. The first-order valence-corrected chi connectivity index (χ1v) is 9.01. The van der Waals surface area contributed by atoms with Gasteiger partial charge in [0.1, 0.15) is 11.3 Å². The van der Waals surface area contributed by atoms with Gasteiger partial charge in [0.05, 0.1) is 19.4 Å². The van der Waals surface area contributed by atoms with Crippen LogP contribution in [0.2, 0.25) is 0 Å². The van der Waals surface area contributed by atoms with Gasteiger partial charge in [-0.05, 0) is 42.8 Å². The predicted molar refractivity (Wildman–Crippen MR) is 103 cm³/mol. The highest BCUT2D eigenvalue weighted by Gasteiger charge is 2.16. The molecule has 0 aliphatic heterocycles. The topological polar surface area (TPSA) is 84.9 Å². The van der Waals surface area contributed by atoms with Crippen LogP contribution < -0.4 is 10.1 Å². The van der Waals surface area contributed by atoms with Gasteiger partial charge in [-0.25, -0.2) is 4.79 Å². The largest absolute Gasteiger partial charge is 0.505 e. The van der Waals surface area contributed by atoms with E-state index in [0.29, 0.717) is 17.9 Å². The Morgan fingerprint density at radius 1 is 1.04 bits per heavy atom. The molecule has 2 aromatic carbocycles. The van der Waals surface area contributed by atoms with Crippen molar-refractivity contribution in [1.82, 2.24) is 0 Å². The lowest BCUT2D eigenvalue weighted by atomic mass is 10.1. The molecule has 0 aliphatic carbocycles. The summed E-state index contributed by atoms with van der Waals surface area (Å²) in [6, 6.07) is 11.3. The summed E-state index contributed by atoms with van der Waals surface area (Å²) < 4.78 is 10.3. The number of ether oxygens (including phenoxy) is 2. The van der Waals surface area contributed by atoms with Crippen LogP contribution >= 0.6 is 0 Å². The summed E-state index contributed by atoms with van der Waals surface area (Å²) in [5.41, 5.74) is 0.539. The lowest BCUT2D eigenvalue weighted by molar-refractivity contribution is 0.0597. The molecule has 144 valence electrons. The molecule has 2 N–H and O–H groups in total. The minimum absolute atomic E-state index is 0.0119. The van der Waals surface area contributed by atoms with Gasteiger partial charge in [0, 0.05) is 5.56 Å². The van der Waals surface area contributed by atoms with Crippen molar-refractivity contribution in [3.63, 3.8) is 0 Å². The highest BCUT2D eigenvalue weighted by Crippen LogP contribution is 2.28. The molecular formula is C21H25NO5. The van der Waals surface area contributed by atoms with Crippen molar-refractivity contribution < 1.29 is 24.2 Å². The third-order valence-corrected chi connectivity index (χ3v) is 4.07. The highest BCUT2D eigenvalue weighted by molar-refractivity contribution is 6.06. The second kappa shape index (κ2) is 10.2. The van der Waals surface area contributed by atoms with Crippen LogP contribution in [-0.4, -0.2) is 30.7 Å². The molecule has 1 amide bonds. The van der Waals surface area contributed by atoms with E-state index in [2.05, 4.69) is 17.0 Å². The van der Waals surface area contributed by atoms with E-state index in [0.717, 1.165) is 12.8 Å². The molecule has 2 aromatic rings. The number of carbonyl (C=O) groups is 2. The quantitative estimate of drug-likeness (QED) is 0.388. The number of esters is 1. The number of amides is 1. The van der Waals surface area contributed by atoms with E-state index in [1.54, 1.807) is 30.3 Å². The van der Waals surface area contributed by atoms with E-state index < -0.39 is 11.9 Å². The fourth-order valence-corrected chi connectivity index (χ4v) is 2.53. The maximum absolute atomic E-state index is 12.4. The molecule has 0 radical (unpaired) electrons. The van der Waals surface area contributed by atoms with Gasteiger partial charge in [0.25, 0.3) is 5.91 Å². The van der Waals surface area contributed by atoms with Gasteiger partial charge in [-0.3, -0.25) is 4.79 Å². The number of carbonyl (C=O) groups excluding carboxylic acids is 2. The molecular weight excluding hydrogens is 346 g/mol. The van der Waals surface area contributed by atoms with Crippen LogP contribution in [0.5, 0.6) is 11.5 Å². The Balaban J connectivity index is 1.97. The zero-order valence-electron chi connectivity index (χ0n) is 15.7. The Kier molecular flexibility index (Phi) is 7.67. The summed E-state index contributed by atoms with van der Waals surface area (Å²) in [4.78, 5) is 24.0. The maximum atomic E-state index is 12.4. The molecule has 6 nitrogen and oxygen atoms in total. The van der Waals surface area contributed by atoms with Crippen molar-refractivity contribution in [3.05, 3.63) is 53.6 Å². The van der Waals surface area contributed by atoms with Crippen LogP contribution in [0.25, 0.3) is 0 Å². The normalized spacial score (nSPS) is 10.3. The monoisotopic (exact) mass is 371 g/mol. The van der Waals surface area contributed by atoms with Gasteiger partial charge in [-0.2, -0.15) is 0 Å². The maximum Gasteiger partial charge on any atom is 0.341 e. The molecule has 0 heterocycles. The van der Waals surface area contributed by atoms with E-state index in [4.69, 9.17) is 4.74 Å². The zero-order valence-corrected chi connectivity index (χ0v) is 15.7. The van der Waals surface area contributed by atoms with Gasteiger partial charge < -0.3 is 19.9 Å². The van der Waals surface area contributed by atoms with Crippen LogP contribution in [0.15, 0.2) is 42.5 Å². The van der Waals surface area contributed by atoms with Gasteiger partial charge in [-0.15, -0.1) is 0 Å². The first-order valence-electron chi connectivity index (χ1n) is 9.01. The minimum atomic E-state index is -0.677. The highest BCUT2D eigenvalue weighted by atomic mass is 16.5. The average Bonchev–Trinajstić information content (AvgIpc) is 2.69.